The summed E-state index contributed by atoms with van der Waals surface area (Å²) in [5, 5.41) is 11.7. The molecule has 1 heterocycles. The number of amides is 1. The molecule has 198 valence electrons. The lowest BCUT2D eigenvalue weighted by atomic mass is 9.95. The van der Waals surface area contributed by atoms with E-state index in [1.807, 2.05) is 67.5 Å². The summed E-state index contributed by atoms with van der Waals surface area (Å²) in [6.45, 7) is 0.262. The number of Topliss-reactive ketones (excluding diaryl/α,β-unsaturated/α-hetero) is 1. The number of aliphatic hydroxyl groups excluding tert-OH is 1. The van der Waals surface area contributed by atoms with Crippen LogP contribution in [0.1, 0.15) is 22.7 Å². The van der Waals surface area contributed by atoms with Crippen molar-refractivity contribution in [1.82, 2.24) is 4.90 Å². The second-order valence-electron chi connectivity index (χ2n) is 9.05. The summed E-state index contributed by atoms with van der Waals surface area (Å²) in [7, 11) is 6.87. The van der Waals surface area contributed by atoms with Crippen molar-refractivity contribution in [2.75, 3.05) is 39.8 Å². The van der Waals surface area contributed by atoms with E-state index in [9.17, 15) is 14.7 Å². The molecule has 1 saturated heterocycles. The van der Waals surface area contributed by atoms with E-state index in [0.717, 1.165) is 17.0 Å². The van der Waals surface area contributed by atoms with Crippen molar-refractivity contribution in [3.05, 3.63) is 93.0 Å². The van der Waals surface area contributed by atoms with Crippen molar-refractivity contribution in [1.29, 1.82) is 0 Å². The first kappa shape index (κ1) is 27.4. The Morgan fingerprint density at radius 3 is 2.08 bits per heavy atom. The topological polar surface area (TPSA) is 79.3 Å². The van der Waals surface area contributed by atoms with Gasteiger partial charge < -0.3 is 24.4 Å². The Morgan fingerprint density at radius 1 is 0.947 bits per heavy atom. The molecule has 1 N–H and O–H groups in total. The van der Waals surface area contributed by atoms with Crippen LogP contribution < -0.4 is 14.4 Å². The standard InChI is InChI=1S/C29H28Cl2N2O5/c1-32(2)20-9-7-18(8-10-20)25-24(26(34)19-15-22(30)28(38-4)23(31)16-19)27(35)29(36)33(25)14-13-17-5-11-21(37-3)12-6-17/h5-12,15-16,25,34H,13-14H2,1-4H3/b26-24+. The van der Waals surface area contributed by atoms with Gasteiger partial charge in [-0.25, -0.2) is 0 Å². The number of rotatable bonds is 8. The lowest BCUT2D eigenvalue weighted by Crippen LogP contribution is -2.31. The largest absolute Gasteiger partial charge is 0.507 e. The molecule has 9 heteroatoms. The van der Waals surface area contributed by atoms with Crippen LogP contribution in [0.4, 0.5) is 5.69 Å². The highest BCUT2D eigenvalue weighted by Crippen LogP contribution is 2.42. The SMILES string of the molecule is COc1ccc(CCN2C(=O)C(=O)/C(=C(/O)c3cc(Cl)c(OC)c(Cl)c3)C2c2ccc(N(C)C)cc2)cc1. The maximum Gasteiger partial charge on any atom is 0.295 e. The molecule has 7 nitrogen and oxygen atoms in total. The molecule has 4 rings (SSSR count). The molecule has 0 aliphatic carbocycles. The Labute approximate surface area is 231 Å². The quantitative estimate of drug-likeness (QED) is 0.217. The van der Waals surface area contributed by atoms with Gasteiger partial charge in [0.1, 0.15) is 11.5 Å². The van der Waals surface area contributed by atoms with E-state index < -0.39 is 17.7 Å². The summed E-state index contributed by atoms with van der Waals surface area (Å²) < 4.78 is 10.4. The average Bonchev–Trinajstić information content (AvgIpc) is 3.16. The molecule has 1 aliphatic rings. The van der Waals surface area contributed by atoms with Gasteiger partial charge in [0, 0.05) is 31.9 Å². The van der Waals surface area contributed by atoms with E-state index in [-0.39, 0.29) is 39.2 Å². The minimum absolute atomic E-state index is 0.0281. The highest BCUT2D eigenvalue weighted by atomic mass is 35.5. The first-order chi connectivity index (χ1) is 18.2. The van der Waals surface area contributed by atoms with Gasteiger partial charge in [0.2, 0.25) is 0 Å². The van der Waals surface area contributed by atoms with Crippen molar-refractivity contribution in [3.63, 3.8) is 0 Å². The number of anilines is 1. The molecular formula is C29H28Cl2N2O5. The van der Waals surface area contributed by atoms with Gasteiger partial charge in [0.05, 0.1) is 35.9 Å². The normalized spacial score (nSPS) is 16.6. The third-order valence-electron chi connectivity index (χ3n) is 6.54. The van der Waals surface area contributed by atoms with Crippen LogP contribution in [0, 0.1) is 0 Å². The molecule has 1 atom stereocenters. The van der Waals surface area contributed by atoms with Crippen molar-refractivity contribution in [2.24, 2.45) is 0 Å². The second kappa shape index (κ2) is 11.4. The Hall–Kier alpha value is -3.68. The van der Waals surface area contributed by atoms with Gasteiger partial charge in [0.25, 0.3) is 11.7 Å². The fourth-order valence-electron chi connectivity index (χ4n) is 4.50. The zero-order chi connectivity index (χ0) is 27.6. The summed E-state index contributed by atoms with van der Waals surface area (Å²) in [5.74, 6) is -0.842. The van der Waals surface area contributed by atoms with Crippen LogP contribution in [0.15, 0.2) is 66.2 Å². The van der Waals surface area contributed by atoms with Crippen molar-refractivity contribution in [3.8, 4) is 11.5 Å². The Morgan fingerprint density at radius 2 is 1.55 bits per heavy atom. The number of carbonyl (C=O) groups excluding carboxylic acids is 2. The molecule has 38 heavy (non-hydrogen) atoms. The minimum Gasteiger partial charge on any atom is -0.507 e. The predicted octanol–water partition coefficient (Wildman–Crippen LogP) is 5.74. The number of likely N-dealkylation sites (tertiary alicyclic amines) is 1. The molecule has 1 aliphatic heterocycles. The smallest absolute Gasteiger partial charge is 0.295 e. The van der Waals surface area contributed by atoms with Gasteiger partial charge >= 0.3 is 0 Å². The lowest BCUT2D eigenvalue weighted by molar-refractivity contribution is -0.139. The van der Waals surface area contributed by atoms with E-state index in [0.29, 0.717) is 12.0 Å². The number of hydrogen-bond acceptors (Lipinski definition) is 6. The molecule has 0 bridgehead atoms. The number of methoxy groups -OCH3 is 2. The zero-order valence-corrected chi connectivity index (χ0v) is 23.0. The van der Waals surface area contributed by atoms with Crippen LogP contribution >= 0.6 is 23.2 Å². The number of nitrogens with zero attached hydrogens (tertiary/aromatic N) is 2. The molecule has 3 aromatic rings. The van der Waals surface area contributed by atoms with E-state index in [1.54, 1.807) is 7.11 Å². The van der Waals surface area contributed by atoms with E-state index in [2.05, 4.69) is 0 Å². The Kier molecular flexibility index (Phi) is 8.19. The maximum atomic E-state index is 13.4. The molecule has 0 aromatic heterocycles. The molecule has 3 aromatic carbocycles. The van der Waals surface area contributed by atoms with E-state index >= 15 is 0 Å². The number of halogens is 2. The molecule has 0 radical (unpaired) electrons. The third-order valence-corrected chi connectivity index (χ3v) is 7.10. The summed E-state index contributed by atoms with van der Waals surface area (Å²) in [4.78, 5) is 30.1. The van der Waals surface area contributed by atoms with Crippen LogP contribution in [-0.2, 0) is 16.0 Å². The van der Waals surface area contributed by atoms with Crippen molar-refractivity contribution in [2.45, 2.75) is 12.5 Å². The molecule has 1 amide bonds. The average molecular weight is 555 g/mol. The lowest BCUT2D eigenvalue weighted by Gasteiger charge is -2.26. The maximum absolute atomic E-state index is 13.4. The van der Waals surface area contributed by atoms with Crippen LogP contribution in [-0.4, -0.2) is 56.6 Å². The summed E-state index contributed by atoms with van der Waals surface area (Å²) in [6, 6.07) is 17.1. The number of hydrogen-bond donors (Lipinski definition) is 1. The Bertz CT molecular complexity index is 1360. The van der Waals surface area contributed by atoms with Crippen LogP contribution in [0.5, 0.6) is 11.5 Å². The van der Waals surface area contributed by atoms with Gasteiger partial charge in [-0.3, -0.25) is 9.59 Å². The van der Waals surface area contributed by atoms with Crippen molar-refractivity contribution < 1.29 is 24.2 Å². The zero-order valence-electron chi connectivity index (χ0n) is 21.5. The molecule has 1 unspecified atom stereocenters. The Balaban J connectivity index is 1.79. The summed E-state index contributed by atoms with van der Waals surface area (Å²) >= 11 is 12.6. The number of ketones is 1. The molecule has 0 saturated carbocycles. The van der Waals surface area contributed by atoms with Gasteiger partial charge in [-0.05, 0) is 53.9 Å². The fraction of sp³-hybridized carbons (Fsp3) is 0.241. The summed E-state index contributed by atoms with van der Waals surface area (Å²) in [6.07, 6.45) is 0.504. The second-order valence-corrected chi connectivity index (χ2v) is 9.86. The molecule has 0 spiro atoms. The number of aliphatic hydroxyl groups is 1. The van der Waals surface area contributed by atoms with Crippen molar-refractivity contribution >= 4 is 46.3 Å². The first-order valence-corrected chi connectivity index (χ1v) is 12.6. The van der Waals surface area contributed by atoms with Gasteiger partial charge in [0.15, 0.2) is 5.75 Å². The fourth-order valence-corrected chi connectivity index (χ4v) is 5.14. The first-order valence-electron chi connectivity index (χ1n) is 11.9. The van der Waals surface area contributed by atoms with Gasteiger partial charge in [-0.2, -0.15) is 0 Å². The highest BCUT2D eigenvalue weighted by Gasteiger charge is 2.46. The number of ether oxygens (including phenoxy) is 2. The molecule has 1 fully saturated rings. The van der Waals surface area contributed by atoms with E-state index in [1.165, 1.54) is 24.1 Å². The number of benzene rings is 3. The van der Waals surface area contributed by atoms with Crippen LogP contribution in [0.2, 0.25) is 10.0 Å². The molecular weight excluding hydrogens is 527 g/mol. The third kappa shape index (κ3) is 5.30. The predicted molar refractivity (Wildman–Crippen MR) is 149 cm³/mol. The van der Waals surface area contributed by atoms with E-state index in [4.69, 9.17) is 32.7 Å². The minimum atomic E-state index is -0.802. The van der Waals surface area contributed by atoms with Gasteiger partial charge in [-0.15, -0.1) is 0 Å². The van der Waals surface area contributed by atoms with Gasteiger partial charge in [-0.1, -0.05) is 47.5 Å². The highest BCUT2D eigenvalue weighted by molar-refractivity contribution is 6.46. The number of carbonyl (C=O) groups is 2. The van der Waals surface area contributed by atoms with Crippen LogP contribution in [0.3, 0.4) is 0 Å². The summed E-state index contributed by atoms with van der Waals surface area (Å²) in [5.41, 5.74) is 2.81. The monoisotopic (exact) mass is 554 g/mol. The van der Waals surface area contributed by atoms with Crippen LogP contribution in [0.25, 0.3) is 5.76 Å².